The van der Waals surface area contributed by atoms with Crippen LogP contribution in [-0.2, 0) is 0 Å². The molecule has 1 fully saturated rings. The Hall–Kier alpha value is -1.22. The van der Waals surface area contributed by atoms with Crippen LogP contribution in [0.1, 0.15) is 42.5 Å². The fraction of sp³-hybridized carbons (Fsp3) is 0.500. The first-order valence-corrected chi connectivity index (χ1v) is 6.79. The topological polar surface area (TPSA) is 46.3 Å². The molecule has 1 aromatic carbocycles. The van der Waals surface area contributed by atoms with Crippen molar-refractivity contribution in [3.05, 3.63) is 28.8 Å². The number of anilines is 1. The van der Waals surface area contributed by atoms with Crippen molar-refractivity contribution in [1.29, 1.82) is 0 Å². The summed E-state index contributed by atoms with van der Waals surface area (Å²) >= 11 is 6.08. The quantitative estimate of drug-likeness (QED) is 0.835. The number of hydrogen-bond acceptors (Lipinski definition) is 2. The Morgan fingerprint density at radius 1 is 1.33 bits per heavy atom. The van der Waals surface area contributed by atoms with E-state index < -0.39 is 0 Å². The summed E-state index contributed by atoms with van der Waals surface area (Å²) in [6.07, 6.45) is 5.88. The average molecular weight is 267 g/mol. The molecule has 0 unspecified atom stereocenters. The molecule has 2 rings (SSSR count). The van der Waals surface area contributed by atoms with Gasteiger partial charge in [-0.15, -0.1) is 0 Å². The van der Waals surface area contributed by atoms with Crippen molar-refractivity contribution in [3.63, 3.8) is 0 Å². The molecule has 0 aromatic heterocycles. The molecule has 98 valence electrons. The van der Waals surface area contributed by atoms with E-state index in [1.165, 1.54) is 19.3 Å². The van der Waals surface area contributed by atoms with Crippen LogP contribution in [0.3, 0.4) is 0 Å². The molecule has 0 radical (unpaired) electrons. The van der Waals surface area contributed by atoms with E-state index >= 15 is 0 Å². The monoisotopic (exact) mass is 266 g/mol. The Kier molecular flexibility index (Phi) is 4.12. The number of nitrogens with two attached hydrogens (primary N) is 1. The van der Waals surface area contributed by atoms with Gasteiger partial charge in [0.05, 0.1) is 10.6 Å². The normalized spacial score (nSPS) is 16.6. The molecule has 0 atom stereocenters. The molecule has 18 heavy (non-hydrogen) atoms. The van der Waals surface area contributed by atoms with Crippen molar-refractivity contribution < 1.29 is 4.79 Å². The number of carbonyl (C=O) groups is 1. The first-order valence-electron chi connectivity index (χ1n) is 6.42. The number of rotatable bonds is 2. The molecule has 4 heteroatoms. The fourth-order valence-corrected chi connectivity index (χ4v) is 2.80. The Labute approximate surface area is 113 Å². The second kappa shape index (κ2) is 5.61. The first kappa shape index (κ1) is 13.2. The van der Waals surface area contributed by atoms with Crippen LogP contribution in [0.15, 0.2) is 18.2 Å². The molecule has 0 bridgehead atoms. The Morgan fingerprint density at radius 3 is 2.61 bits per heavy atom. The molecule has 3 nitrogen and oxygen atoms in total. The molecule has 0 spiro atoms. The van der Waals surface area contributed by atoms with E-state index in [-0.39, 0.29) is 5.91 Å². The van der Waals surface area contributed by atoms with Gasteiger partial charge in [-0.2, -0.15) is 0 Å². The van der Waals surface area contributed by atoms with E-state index in [4.69, 9.17) is 17.3 Å². The van der Waals surface area contributed by atoms with Gasteiger partial charge in [-0.3, -0.25) is 4.79 Å². The van der Waals surface area contributed by atoms with Gasteiger partial charge in [0.1, 0.15) is 0 Å². The molecule has 1 amide bonds. The zero-order chi connectivity index (χ0) is 13.1. The van der Waals surface area contributed by atoms with E-state index in [0.29, 0.717) is 22.3 Å². The minimum absolute atomic E-state index is 0.00750. The summed E-state index contributed by atoms with van der Waals surface area (Å²) in [5.41, 5.74) is 6.76. The zero-order valence-corrected chi connectivity index (χ0v) is 11.4. The predicted octanol–water partition coefficient (Wildman–Crippen LogP) is 3.33. The van der Waals surface area contributed by atoms with E-state index in [1.54, 1.807) is 18.2 Å². The highest BCUT2D eigenvalue weighted by Gasteiger charge is 2.24. The molecule has 0 heterocycles. The maximum absolute atomic E-state index is 12.4. The van der Waals surface area contributed by atoms with Crippen molar-refractivity contribution >= 4 is 23.2 Å². The third-order valence-corrected chi connectivity index (χ3v) is 3.98. The number of carbonyl (C=O) groups excluding carboxylic acids is 1. The second-order valence-electron chi connectivity index (χ2n) is 4.95. The van der Waals surface area contributed by atoms with Crippen LogP contribution in [0, 0.1) is 0 Å². The van der Waals surface area contributed by atoms with E-state index in [0.717, 1.165) is 12.8 Å². The molecule has 1 aliphatic rings. The number of nitrogen functional groups attached to an aromatic ring is 1. The zero-order valence-electron chi connectivity index (χ0n) is 10.7. The van der Waals surface area contributed by atoms with Crippen LogP contribution < -0.4 is 5.73 Å². The van der Waals surface area contributed by atoms with Gasteiger partial charge in [0.15, 0.2) is 0 Å². The Balaban J connectivity index is 2.14. The average Bonchev–Trinajstić information content (AvgIpc) is 2.38. The van der Waals surface area contributed by atoms with Gasteiger partial charge in [-0.25, -0.2) is 0 Å². The van der Waals surface area contributed by atoms with Gasteiger partial charge in [0.2, 0.25) is 0 Å². The standard InChI is InChI=1S/C14H19ClN2O/c1-17(11-5-3-2-4-6-11)14(18)12-8-7-10(16)9-13(12)15/h7-9,11H,2-6,16H2,1H3. The highest BCUT2D eigenvalue weighted by molar-refractivity contribution is 6.34. The van der Waals surface area contributed by atoms with Crippen LogP contribution in [-0.4, -0.2) is 23.9 Å². The van der Waals surface area contributed by atoms with Crippen LogP contribution >= 0.6 is 11.6 Å². The molecular weight excluding hydrogens is 248 g/mol. The molecule has 1 aromatic rings. The van der Waals surface area contributed by atoms with Gasteiger partial charge >= 0.3 is 0 Å². The number of benzene rings is 1. The summed E-state index contributed by atoms with van der Waals surface area (Å²) in [4.78, 5) is 14.2. The lowest BCUT2D eigenvalue weighted by Crippen LogP contribution is -2.38. The highest BCUT2D eigenvalue weighted by Crippen LogP contribution is 2.25. The Morgan fingerprint density at radius 2 is 2.00 bits per heavy atom. The van der Waals surface area contributed by atoms with Crippen LogP contribution in [0.25, 0.3) is 0 Å². The number of halogens is 1. The van der Waals surface area contributed by atoms with E-state index in [1.807, 2.05) is 11.9 Å². The van der Waals surface area contributed by atoms with Gasteiger partial charge in [-0.1, -0.05) is 30.9 Å². The van der Waals surface area contributed by atoms with Crippen molar-refractivity contribution in [3.8, 4) is 0 Å². The van der Waals surface area contributed by atoms with E-state index in [9.17, 15) is 4.79 Å². The van der Waals surface area contributed by atoms with Gasteiger partial charge < -0.3 is 10.6 Å². The molecule has 2 N–H and O–H groups in total. The van der Waals surface area contributed by atoms with E-state index in [2.05, 4.69) is 0 Å². The van der Waals surface area contributed by atoms with Gasteiger partial charge in [-0.05, 0) is 31.0 Å². The third kappa shape index (κ3) is 2.78. The minimum atomic E-state index is -0.00750. The van der Waals surface area contributed by atoms with Crippen molar-refractivity contribution in [2.24, 2.45) is 0 Å². The van der Waals surface area contributed by atoms with Crippen molar-refractivity contribution in [2.75, 3.05) is 12.8 Å². The molecular formula is C14H19ClN2O. The number of amides is 1. The summed E-state index contributed by atoms with van der Waals surface area (Å²) in [6, 6.07) is 5.40. The summed E-state index contributed by atoms with van der Waals surface area (Å²) in [5.74, 6) is -0.00750. The summed E-state index contributed by atoms with van der Waals surface area (Å²) in [5, 5.41) is 0.433. The Bertz CT molecular complexity index is 441. The van der Waals surface area contributed by atoms with Crippen molar-refractivity contribution in [2.45, 2.75) is 38.1 Å². The van der Waals surface area contributed by atoms with Gasteiger partial charge in [0.25, 0.3) is 5.91 Å². The SMILES string of the molecule is CN(C(=O)c1ccc(N)cc1Cl)C1CCCCC1. The fourth-order valence-electron chi connectivity index (χ4n) is 2.53. The molecule has 0 aliphatic heterocycles. The summed E-state index contributed by atoms with van der Waals surface area (Å²) in [7, 11) is 1.87. The first-order chi connectivity index (χ1) is 8.59. The smallest absolute Gasteiger partial charge is 0.255 e. The summed E-state index contributed by atoms with van der Waals surface area (Å²) < 4.78 is 0. The van der Waals surface area contributed by atoms with Crippen molar-refractivity contribution in [1.82, 2.24) is 4.90 Å². The van der Waals surface area contributed by atoms with Crippen LogP contribution in [0.4, 0.5) is 5.69 Å². The predicted molar refractivity (Wildman–Crippen MR) is 74.8 cm³/mol. The number of hydrogen-bond donors (Lipinski definition) is 1. The maximum atomic E-state index is 12.4. The lowest BCUT2D eigenvalue weighted by atomic mass is 9.94. The lowest BCUT2D eigenvalue weighted by molar-refractivity contribution is 0.0696. The molecule has 0 saturated heterocycles. The maximum Gasteiger partial charge on any atom is 0.255 e. The molecule has 1 aliphatic carbocycles. The van der Waals surface area contributed by atoms with Crippen LogP contribution in [0.5, 0.6) is 0 Å². The number of nitrogens with zero attached hydrogens (tertiary/aromatic N) is 1. The molecule has 1 saturated carbocycles. The second-order valence-corrected chi connectivity index (χ2v) is 5.35. The van der Waals surface area contributed by atoms with Gasteiger partial charge in [0, 0.05) is 18.8 Å². The highest BCUT2D eigenvalue weighted by atomic mass is 35.5. The lowest BCUT2D eigenvalue weighted by Gasteiger charge is -2.31. The third-order valence-electron chi connectivity index (χ3n) is 3.67. The summed E-state index contributed by atoms with van der Waals surface area (Å²) in [6.45, 7) is 0. The minimum Gasteiger partial charge on any atom is -0.399 e. The van der Waals surface area contributed by atoms with Crippen LogP contribution in [0.2, 0.25) is 5.02 Å². The largest absolute Gasteiger partial charge is 0.399 e.